The quantitative estimate of drug-likeness (QED) is 0.614. The first kappa shape index (κ1) is 22.9. The van der Waals surface area contributed by atoms with Gasteiger partial charge in [0.15, 0.2) is 16.6 Å². The van der Waals surface area contributed by atoms with Gasteiger partial charge in [-0.3, -0.25) is 4.79 Å². The van der Waals surface area contributed by atoms with Crippen molar-refractivity contribution in [2.24, 2.45) is 0 Å². The molecule has 1 amide bonds. The van der Waals surface area contributed by atoms with Crippen LogP contribution in [0.3, 0.4) is 0 Å². The molecule has 0 spiro atoms. The molecule has 0 bridgehead atoms. The Morgan fingerprint density at radius 3 is 2.52 bits per heavy atom. The number of rotatable bonds is 8. The molecule has 1 aliphatic heterocycles. The van der Waals surface area contributed by atoms with Gasteiger partial charge in [0.05, 0.1) is 26.7 Å². The molecule has 0 saturated heterocycles. The number of benzene rings is 2. The van der Waals surface area contributed by atoms with E-state index >= 15 is 0 Å². The Kier molecular flexibility index (Phi) is 8.12. The number of hydrogen-bond acceptors (Lipinski definition) is 4. The van der Waals surface area contributed by atoms with Crippen molar-refractivity contribution in [2.75, 3.05) is 33.9 Å². The smallest absolute Gasteiger partial charge is 0.224 e. The second-order valence-electron chi connectivity index (χ2n) is 7.56. The first-order valence-electron chi connectivity index (χ1n) is 10.7. The predicted octanol–water partition coefficient (Wildman–Crippen LogP) is 3.25. The van der Waals surface area contributed by atoms with Crippen LogP contribution in [0.4, 0.5) is 0 Å². The molecule has 1 unspecified atom stereocenters. The standard InChI is InChI=1S/C24H31N3O3S/c1-4-11-25-24(31)27-12-10-18-14-21(29-2)22(30-3)15-19(18)20(27)16-26-23(28)13-17-8-6-5-7-9-17/h5-9,14-15,20H,4,10-13,16H2,1-3H3,(H,25,31)(H,26,28). The number of nitrogens with zero attached hydrogens (tertiary/aromatic N) is 1. The minimum absolute atomic E-state index is 0.00816. The third-order valence-electron chi connectivity index (χ3n) is 5.49. The minimum atomic E-state index is -0.0832. The van der Waals surface area contributed by atoms with Crippen LogP contribution in [0.15, 0.2) is 42.5 Å². The number of methoxy groups -OCH3 is 2. The summed E-state index contributed by atoms with van der Waals surface area (Å²) < 4.78 is 11.0. The van der Waals surface area contributed by atoms with E-state index in [2.05, 4.69) is 22.5 Å². The van der Waals surface area contributed by atoms with Gasteiger partial charge in [0, 0.05) is 19.6 Å². The Bertz CT molecular complexity index is 904. The zero-order valence-electron chi connectivity index (χ0n) is 18.4. The molecule has 2 N–H and O–H groups in total. The van der Waals surface area contributed by atoms with Crippen molar-refractivity contribution in [3.05, 3.63) is 59.2 Å². The normalized spacial score (nSPS) is 15.1. The van der Waals surface area contributed by atoms with Gasteiger partial charge < -0.3 is 25.0 Å². The summed E-state index contributed by atoms with van der Waals surface area (Å²) >= 11 is 5.69. The fraction of sp³-hybridized carbons (Fsp3) is 0.417. The molecule has 166 valence electrons. The summed E-state index contributed by atoms with van der Waals surface area (Å²) in [6.45, 7) is 4.17. The van der Waals surface area contributed by atoms with Crippen LogP contribution in [0.2, 0.25) is 0 Å². The summed E-state index contributed by atoms with van der Waals surface area (Å²) in [4.78, 5) is 14.8. The SMILES string of the molecule is CCCNC(=S)N1CCc2cc(OC)c(OC)cc2C1CNC(=O)Cc1ccccc1. The van der Waals surface area contributed by atoms with E-state index in [4.69, 9.17) is 21.7 Å². The average molecular weight is 442 g/mol. The third kappa shape index (κ3) is 5.67. The molecule has 7 heteroatoms. The topological polar surface area (TPSA) is 62.8 Å². The van der Waals surface area contributed by atoms with E-state index in [1.807, 2.05) is 42.5 Å². The molecule has 0 aromatic heterocycles. The first-order chi connectivity index (χ1) is 15.1. The molecule has 6 nitrogen and oxygen atoms in total. The minimum Gasteiger partial charge on any atom is -0.493 e. The number of fused-ring (bicyclic) bond motifs is 1. The van der Waals surface area contributed by atoms with Gasteiger partial charge in [-0.1, -0.05) is 37.3 Å². The highest BCUT2D eigenvalue weighted by molar-refractivity contribution is 7.80. The van der Waals surface area contributed by atoms with Gasteiger partial charge in [-0.15, -0.1) is 0 Å². The predicted molar refractivity (Wildman–Crippen MR) is 127 cm³/mol. The number of carbonyl (C=O) groups is 1. The lowest BCUT2D eigenvalue weighted by atomic mass is 9.92. The summed E-state index contributed by atoms with van der Waals surface area (Å²) in [6, 6.07) is 13.7. The average Bonchev–Trinajstić information content (AvgIpc) is 2.80. The Labute approximate surface area is 189 Å². The molecule has 0 saturated carbocycles. The second kappa shape index (κ2) is 11.0. The largest absolute Gasteiger partial charge is 0.493 e. The third-order valence-corrected chi connectivity index (χ3v) is 5.87. The van der Waals surface area contributed by atoms with Crippen LogP contribution < -0.4 is 20.1 Å². The number of thiocarbonyl (C=S) groups is 1. The molecule has 3 rings (SSSR count). The van der Waals surface area contributed by atoms with Crippen molar-refractivity contribution in [2.45, 2.75) is 32.2 Å². The Hall–Kier alpha value is -2.80. The van der Waals surface area contributed by atoms with E-state index in [0.29, 0.717) is 29.6 Å². The monoisotopic (exact) mass is 441 g/mol. The fourth-order valence-electron chi connectivity index (χ4n) is 3.88. The highest BCUT2D eigenvalue weighted by Crippen LogP contribution is 2.38. The molecule has 0 aliphatic carbocycles. The molecule has 1 aliphatic rings. The number of ether oxygens (including phenoxy) is 2. The lowest BCUT2D eigenvalue weighted by Crippen LogP contribution is -2.49. The molecule has 0 radical (unpaired) electrons. The van der Waals surface area contributed by atoms with Crippen LogP contribution in [-0.4, -0.2) is 49.8 Å². The lowest BCUT2D eigenvalue weighted by molar-refractivity contribution is -0.120. The number of nitrogens with one attached hydrogen (secondary N) is 2. The van der Waals surface area contributed by atoms with Gasteiger partial charge in [0.1, 0.15) is 0 Å². The van der Waals surface area contributed by atoms with Crippen LogP contribution in [0.1, 0.15) is 36.1 Å². The van der Waals surface area contributed by atoms with Crippen molar-refractivity contribution >= 4 is 23.2 Å². The second-order valence-corrected chi connectivity index (χ2v) is 7.95. The molecule has 1 atom stereocenters. The van der Waals surface area contributed by atoms with Gasteiger partial charge in [-0.05, 0) is 53.9 Å². The Balaban J connectivity index is 1.82. The van der Waals surface area contributed by atoms with Gasteiger partial charge >= 0.3 is 0 Å². The number of hydrogen-bond donors (Lipinski definition) is 2. The van der Waals surface area contributed by atoms with Crippen LogP contribution in [0, 0.1) is 0 Å². The van der Waals surface area contributed by atoms with Crippen molar-refractivity contribution < 1.29 is 14.3 Å². The van der Waals surface area contributed by atoms with Crippen LogP contribution in [0.5, 0.6) is 11.5 Å². The van der Waals surface area contributed by atoms with Crippen LogP contribution in [-0.2, 0) is 17.6 Å². The summed E-state index contributed by atoms with van der Waals surface area (Å²) in [5.41, 5.74) is 3.28. The van der Waals surface area contributed by atoms with Crippen molar-refractivity contribution in [1.29, 1.82) is 0 Å². The summed E-state index contributed by atoms with van der Waals surface area (Å²) in [5, 5.41) is 7.15. The fourth-order valence-corrected chi connectivity index (χ4v) is 4.20. The molecule has 2 aromatic rings. The van der Waals surface area contributed by atoms with Crippen molar-refractivity contribution in [3.63, 3.8) is 0 Å². The van der Waals surface area contributed by atoms with E-state index in [0.717, 1.165) is 37.1 Å². The number of amides is 1. The molecule has 1 heterocycles. The van der Waals surface area contributed by atoms with Gasteiger partial charge in [0.25, 0.3) is 0 Å². The van der Waals surface area contributed by atoms with E-state index < -0.39 is 0 Å². The maximum atomic E-state index is 12.6. The van der Waals surface area contributed by atoms with Crippen molar-refractivity contribution in [1.82, 2.24) is 15.5 Å². The zero-order chi connectivity index (χ0) is 22.2. The molecule has 31 heavy (non-hydrogen) atoms. The molecule has 2 aromatic carbocycles. The summed E-state index contributed by atoms with van der Waals surface area (Å²) in [5.74, 6) is 1.38. The summed E-state index contributed by atoms with van der Waals surface area (Å²) in [6.07, 6.45) is 2.19. The first-order valence-corrected chi connectivity index (χ1v) is 11.1. The van der Waals surface area contributed by atoms with Gasteiger partial charge in [0.2, 0.25) is 5.91 Å². The molecular formula is C24H31N3O3S. The van der Waals surface area contributed by atoms with Crippen LogP contribution in [0.25, 0.3) is 0 Å². The van der Waals surface area contributed by atoms with E-state index in [9.17, 15) is 4.79 Å². The molecular weight excluding hydrogens is 410 g/mol. The highest BCUT2D eigenvalue weighted by atomic mass is 32.1. The van der Waals surface area contributed by atoms with E-state index in [-0.39, 0.29) is 11.9 Å². The van der Waals surface area contributed by atoms with E-state index in [1.165, 1.54) is 5.56 Å². The highest BCUT2D eigenvalue weighted by Gasteiger charge is 2.31. The Morgan fingerprint density at radius 1 is 1.13 bits per heavy atom. The number of carbonyl (C=O) groups excluding carboxylic acids is 1. The van der Waals surface area contributed by atoms with Gasteiger partial charge in [-0.2, -0.15) is 0 Å². The zero-order valence-corrected chi connectivity index (χ0v) is 19.3. The lowest BCUT2D eigenvalue weighted by Gasteiger charge is -2.39. The van der Waals surface area contributed by atoms with Crippen LogP contribution >= 0.6 is 12.2 Å². The maximum absolute atomic E-state index is 12.6. The van der Waals surface area contributed by atoms with Gasteiger partial charge in [-0.25, -0.2) is 0 Å². The Morgan fingerprint density at radius 2 is 1.84 bits per heavy atom. The summed E-state index contributed by atoms with van der Waals surface area (Å²) in [7, 11) is 3.28. The molecule has 0 fully saturated rings. The van der Waals surface area contributed by atoms with E-state index in [1.54, 1.807) is 14.2 Å². The maximum Gasteiger partial charge on any atom is 0.224 e. The van der Waals surface area contributed by atoms with Crippen molar-refractivity contribution in [3.8, 4) is 11.5 Å².